The minimum Gasteiger partial charge on any atom is -0.484 e. The highest BCUT2D eigenvalue weighted by atomic mass is 35.5. The Labute approximate surface area is 245 Å². The number of hydrogen-bond donors (Lipinski definition) is 1. The fourth-order valence-corrected chi connectivity index (χ4v) is 4.38. The van der Waals surface area contributed by atoms with Crippen LogP contribution in [0, 0.1) is 0 Å². The van der Waals surface area contributed by atoms with Crippen molar-refractivity contribution < 1.29 is 23.9 Å². The van der Waals surface area contributed by atoms with Gasteiger partial charge in [-0.25, -0.2) is 14.6 Å². The van der Waals surface area contributed by atoms with Crippen LogP contribution in [0.15, 0.2) is 109 Å². The molecule has 1 heterocycles. The fourth-order valence-electron chi connectivity index (χ4n) is 4.09. The van der Waals surface area contributed by atoms with Crippen LogP contribution in [0.4, 0.5) is 21.9 Å². The Morgan fingerprint density at radius 1 is 0.732 bits per heavy atom. The lowest BCUT2D eigenvalue weighted by atomic mass is 10.0. The molecule has 1 saturated heterocycles. The molecular formula is C31H21Cl2N3O5. The zero-order chi connectivity index (χ0) is 28.9. The van der Waals surface area contributed by atoms with E-state index >= 15 is 0 Å². The van der Waals surface area contributed by atoms with Gasteiger partial charge in [0.15, 0.2) is 6.61 Å². The molecule has 0 atom stereocenters. The molecule has 1 aliphatic heterocycles. The third-order valence-corrected chi connectivity index (χ3v) is 6.78. The molecule has 0 saturated carbocycles. The number of urea groups is 1. The number of amides is 5. The van der Waals surface area contributed by atoms with Gasteiger partial charge in [0.05, 0.1) is 21.4 Å². The van der Waals surface area contributed by atoms with Crippen LogP contribution in [-0.4, -0.2) is 30.4 Å². The van der Waals surface area contributed by atoms with Crippen molar-refractivity contribution in [2.75, 3.05) is 21.7 Å². The number of carbonyl (C=O) groups excluding carboxylic acids is 4. The number of halogens is 2. The summed E-state index contributed by atoms with van der Waals surface area (Å²) >= 11 is 11.9. The summed E-state index contributed by atoms with van der Waals surface area (Å²) < 4.78 is 5.56. The number of hydrogen-bond acceptors (Lipinski definition) is 5. The highest BCUT2D eigenvalue weighted by Gasteiger charge is 2.43. The molecule has 0 spiro atoms. The normalized spacial score (nSPS) is 13.3. The Hall–Kier alpha value is -4.92. The van der Waals surface area contributed by atoms with E-state index in [1.807, 2.05) is 0 Å². The molecule has 0 aromatic heterocycles. The summed E-state index contributed by atoms with van der Waals surface area (Å²) in [5, 5.41) is 3.35. The van der Waals surface area contributed by atoms with Crippen LogP contribution in [0.5, 0.6) is 5.75 Å². The monoisotopic (exact) mass is 585 g/mol. The first-order chi connectivity index (χ1) is 19.8. The zero-order valence-electron chi connectivity index (χ0n) is 21.3. The van der Waals surface area contributed by atoms with Gasteiger partial charge in [0.1, 0.15) is 11.3 Å². The lowest BCUT2D eigenvalue weighted by Crippen LogP contribution is -2.57. The van der Waals surface area contributed by atoms with E-state index in [-0.39, 0.29) is 12.2 Å². The van der Waals surface area contributed by atoms with Crippen LogP contribution < -0.4 is 19.9 Å². The summed E-state index contributed by atoms with van der Waals surface area (Å²) in [5.74, 6) is -1.49. The molecule has 204 valence electrons. The van der Waals surface area contributed by atoms with Gasteiger partial charge in [-0.1, -0.05) is 71.7 Å². The summed E-state index contributed by atoms with van der Waals surface area (Å²) in [7, 11) is 0. The predicted octanol–water partition coefficient (Wildman–Crippen LogP) is 6.59. The molecule has 8 nitrogen and oxygen atoms in total. The van der Waals surface area contributed by atoms with Crippen molar-refractivity contribution in [1.29, 1.82) is 0 Å². The first-order valence-corrected chi connectivity index (χ1v) is 13.1. The first-order valence-electron chi connectivity index (χ1n) is 12.3. The van der Waals surface area contributed by atoms with Crippen molar-refractivity contribution in [3.05, 3.63) is 124 Å². The number of barbiturate groups is 1. The van der Waals surface area contributed by atoms with Crippen LogP contribution >= 0.6 is 23.2 Å². The van der Waals surface area contributed by atoms with Crippen molar-refractivity contribution in [3.63, 3.8) is 0 Å². The Morgan fingerprint density at radius 2 is 1.29 bits per heavy atom. The van der Waals surface area contributed by atoms with E-state index in [0.29, 0.717) is 38.4 Å². The van der Waals surface area contributed by atoms with Crippen LogP contribution in [-0.2, 0) is 14.4 Å². The van der Waals surface area contributed by atoms with Crippen LogP contribution in [0.25, 0.3) is 6.08 Å². The molecule has 4 aromatic rings. The molecule has 5 rings (SSSR count). The van der Waals surface area contributed by atoms with Crippen molar-refractivity contribution in [1.82, 2.24) is 0 Å². The number of carbonyl (C=O) groups is 4. The molecule has 41 heavy (non-hydrogen) atoms. The summed E-state index contributed by atoms with van der Waals surface area (Å²) in [6.07, 6.45) is 1.42. The van der Waals surface area contributed by atoms with Gasteiger partial charge in [0.25, 0.3) is 17.7 Å². The van der Waals surface area contributed by atoms with E-state index in [4.69, 9.17) is 27.9 Å². The van der Waals surface area contributed by atoms with Crippen molar-refractivity contribution >= 4 is 70.1 Å². The maximum atomic E-state index is 13.5. The van der Waals surface area contributed by atoms with Crippen molar-refractivity contribution in [2.45, 2.75) is 0 Å². The molecule has 10 heteroatoms. The van der Waals surface area contributed by atoms with Crippen LogP contribution in [0.1, 0.15) is 5.56 Å². The molecule has 0 bridgehead atoms. The van der Waals surface area contributed by atoms with Crippen molar-refractivity contribution in [2.24, 2.45) is 0 Å². The minimum absolute atomic E-state index is 0.188. The quantitative estimate of drug-likeness (QED) is 0.195. The molecular weight excluding hydrogens is 565 g/mol. The van der Waals surface area contributed by atoms with Gasteiger partial charge in [-0.2, -0.15) is 0 Å². The number of ether oxygens (including phenoxy) is 1. The maximum absolute atomic E-state index is 13.5. The number of imide groups is 2. The molecule has 0 aliphatic carbocycles. The summed E-state index contributed by atoms with van der Waals surface area (Å²) in [4.78, 5) is 54.5. The number of rotatable bonds is 7. The second kappa shape index (κ2) is 12.1. The topological polar surface area (TPSA) is 96.0 Å². The van der Waals surface area contributed by atoms with Crippen molar-refractivity contribution in [3.8, 4) is 5.75 Å². The Morgan fingerprint density at radius 3 is 1.83 bits per heavy atom. The molecule has 0 radical (unpaired) electrons. The van der Waals surface area contributed by atoms with Crippen LogP contribution in [0.2, 0.25) is 10.0 Å². The van der Waals surface area contributed by atoms with E-state index in [1.165, 1.54) is 12.1 Å². The van der Waals surface area contributed by atoms with Gasteiger partial charge in [-0.3, -0.25) is 14.4 Å². The van der Waals surface area contributed by atoms with E-state index in [1.54, 1.807) is 97.1 Å². The fraction of sp³-hybridized carbons (Fsp3) is 0.0323. The second-order valence-corrected chi connectivity index (χ2v) is 9.64. The minimum atomic E-state index is -0.766. The first kappa shape index (κ1) is 27.6. The van der Waals surface area contributed by atoms with Gasteiger partial charge >= 0.3 is 6.03 Å². The third kappa shape index (κ3) is 6.14. The lowest BCUT2D eigenvalue weighted by molar-refractivity contribution is -0.121. The third-order valence-electron chi connectivity index (χ3n) is 6.04. The van der Waals surface area contributed by atoms with E-state index in [0.717, 1.165) is 9.80 Å². The summed E-state index contributed by atoms with van der Waals surface area (Å²) in [5.41, 5.74) is 1.48. The SMILES string of the molecule is O=C(COc1ccc(C=C2C(=O)N(c3ccccc3)C(=O)N(c3ccccc3)C2=O)cc1)Nc1ccc(Cl)c(Cl)c1. The molecule has 1 aliphatic rings. The van der Waals surface area contributed by atoms with E-state index < -0.39 is 23.8 Å². The molecule has 1 N–H and O–H groups in total. The van der Waals surface area contributed by atoms with Gasteiger partial charge in [-0.05, 0) is 66.2 Å². The average Bonchev–Trinajstić information content (AvgIpc) is 2.98. The Kier molecular flexibility index (Phi) is 8.14. The number of para-hydroxylation sites is 2. The standard InChI is InChI=1S/C31H21Cl2N3O5/c32-26-16-13-21(18-27(26)33)34-28(37)19-41-24-14-11-20(12-15-24)17-25-29(38)35(22-7-3-1-4-8-22)31(40)36(30(25)39)23-9-5-2-6-10-23/h1-18H,19H2,(H,34,37). The summed E-state index contributed by atoms with van der Waals surface area (Å²) in [6, 6.07) is 27.2. The summed E-state index contributed by atoms with van der Waals surface area (Å²) in [6.45, 7) is -0.266. The van der Waals surface area contributed by atoms with E-state index in [9.17, 15) is 19.2 Å². The number of anilines is 3. The smallest absolute Gasteiger partial charge is 0.343 e. The van der Waals surface area contributed by atoms with E-state index in [2.05, 4.69) is 5.32 Å². The van der Waals surface area contributed by atoms with Gasteiger partial charge in [0, 0.05) is 5.69 Å². The number of nitrogens with one attached hydrogen (secondary N) is 1. The lowest BCUT2D eigenvalue weighted by Gasteiger charge is -2.33. The van der Waals surface area contributed by atoms with Gasteiger partial charge in [0.2, 0.25) is 0 Å². The Balaban J connectivity index is 1.35. The molecule has 1 fully saturated rings. The van der Waals surface area contributed by atoms with Crippen LogP contribution in [0.3, 0.4) is 0 Å². The molecule has 4 aromatic carbocycles. The maximum Gasteiger partial charge on any atom is 0.343 e. The number of nitrogens with zero attached hydrogens (tertiary/aromatic N) is 2. The second-order valence-electron chi connectivity index (χ2n) is 8.83. The zero-order valence-corrected chi connectivity index (χ0v) is 22.8. The van der Waals surface area contributed by atoms with Gasteiger partial charge in [-0.15, -0.1) is 0 Å². The average molecular weight is 586 g/mol. The largest absolute Gasteiger partial charge is 0.484 e. The van der Waals surface area contributed by atoms with Gasteiger partial charge < -0.3 is 10.1 Å². The number of benzene rings is 4. The predicted molar refractivity (Wildman–Crippen MR) is 158 cm³/mol. The Bertz CT molecular complexity index is 1600. The highest BCUT2D eigenvalue weighted by molar-refractivity contribution is 6.46. The molecule has 0 unspecified atom stereocenters. The molecule has 5 amide bonds. The highest BCUT2D eigenvalue weighted by Crippen LogP contribution is 2.30.